The Morgan fingerprint density at radius 2 is 0.607 bits per heavy atom. The molecule has 0 aromatic rings. The van der Waals surface area contributed by atoms with Crippen molar-refractivity contribution in [2.24, 2.45) is 0 Å². The molecule has 0 aromatic carbocycles. The summed E-state index contributed by atoms with van der Waals surface area (Å²) in [6.45, 7) is 6.01. The molecule has 332 valence electrons. The molecule has 0 fully saturated rings. The highest BCUT2D eigenvalue weighted by Gasteiger charge is 2.19. The van der Waals surface area contributed by atoms with Gasteiger partial charge in [0.15, 0.2) is 6.10 Å². The maximum absolute atomic E-state index is 12.7. The summed E-state index contributed by atoms with van der Waals surface area (Å²) in [5.41, 5.74) is 0. The molecule has 1 atom stereocenters. The molecule has 0 bridgehead atoms. The Labute approximate surface area is 370 Å². The third kappa shape index (κ3) is 45.4. The molecule has 0 aliphatic heterocycles. The van der Waals surface area contributed by atoms with E-state index in [1.54, 1.807) is 0 Å². The molecule has 6 nitrogen and oxygen atoms in total. The summed E-state index contributed by atoms with van der Waals surface area (Å²) < 4.78 is 16.6. The Hall–Kier alpha value is -5.49. The summed E-state index contributed by atoms with van der Waals surface area (Å²) in [7, 11) is 0. The highest BCUT2D eigenvalue weighted by molar-refractivity contribution is 5.71. The molecule has 0 radical (unpaired) electrons. The fourth-order valence-corrected chi connectivity index (χ4v) is 4.98. The first-order valence-corrected chi connectivity index (χ1v) is 22.5. The average Bonchev–Trinajstić information content (AvgIpc) is 3.26. The third-order valence-electron chi connectivity index (χ3n) is 8.27. The van der Waals surface area contributed by atoms with Crippen LogP contribution in [0.4, 0.5) is 0 Å². The van der Waals surface area contributed by atoms with Crippen LogP contribution in [-0.4, -0.2) is 37.2 Å². The quantitative estimate of drug-likeness (QED) is 0.0271. The van der Waals surface area contributed by atoms with Crippen LogP contribution >= 0.6 is 0 Å². The SMILES string of the molecule is CC\C=C/C=C\C=C/C=C\C=C/CCCCCC(=O)OCC(COC(=O)CCC\C=C/C=C\C=C/C=C\C=C/CC)OC(=O)CCCCC\C=C/C=C\C=C/C=C\C=C/CC. The number of carbonyl (C=O) groups is 3. The molecular weight excluding hydrogens is 757 g/mol. The maximum Gasteiger partial charge on any atom is 0.306 e. The largest absolute Gasteiger partial charge is 0.462 e. The van der Waals surface area contributed by atoms with E-state index in [-0.39, 0.29) is 44.4 Å². The predicted octanol–water partition coefficient (Wildman–Crippen LogP) is 14.6. The van der Waals surface area contributed by atoms with Crippen molar-refractivity contribution in [1.82, 2.24) is 0 Å². The summed E-state index contributed by atoms with van der Waals surface area (Å²) in [4.78, 5) is 37.8. The summed E-state index contributed by atoms with van der Waals surface area (Å²) in [6, 6.07) is 0. The molecule has 0 N–H and O–H groups in total. The smallest absolute Gasteiger partial charge is 0.306 e. The van der Waals surface area contributed by atoms with Crippen molar-refractivity contribution in [1.29, 1.82) is 0 Å². The number of hydrogen-bond acceptors (Lipinski definition) is 6. The lowest BCUT2D eigenvalue weighted by molar-refractivity contribution is -0.167. The number of esters is 3. The van der Waals surface area contributed by atoms with Gasteiger partial charge in [0.2, 0.25) is 0 Å². The van der Waals surface area contributed by atoms with E-state index in [1.165, 1.54) is 0 Å². The van der Waals surface area contributed by atoms with Crippen LogP contribution in [0.3, 0.4) is 0 Å². The van der Waals surface area contributed by atoms with Gasteiger partial charge in [-0.25, -0.2) is 0 Å². The minimum atomic E-state index is -0.856. The van der Waals surface area contributed by atoms with Crippen molar-refractivity contribution in [3.8, 4) is 0 Å². The number of rotatable bonds is 36. The molecule has 0 saturated carbocycles. The Bertz CT molecular complexity index is 1560. The van der Waals surface area contributed by atoms with E-state index in [1.807, 2.05) is 152 Å². The molecule has 61 heavy (non-hydrogen) atoms. The molecule has 0 aliphatic carbocycles. The molecule has 0 rings (SSSR count). The van der Waals surface area contributed by atoms with Gasteiger partial charge >= 0.3 is 17.9 Å². The minimum absolute atomic E-state index is 0.152. The molecular formula is C55H76O6. The fraction of sp³-hybridized carbons (Fsp3) is 0.400. The standard InChI is InChI=1S/C55H76O6/c1-4-7-10-13-16-19-22-25-27-30-33-36-39-42-45-48-54(57)60-51-52(50-59-53(56)47-44-41-38-35-32-29-24-21-18-15-12-9-6-3)61-55(58)49-46-43-40-37-34-31-28-26-23-20-17-14-11-8-5-2/h7-35,38,52H,4-6,36-37,39-51H2,1-3H3/b10-7-,11-8-,12-9-,16-13-,17-14-,18-15-,22-19-,23-20-,24-21-,27-25-,28-26-,32-29-,33-30-,34-31-,38-35-. The van der Waals surface area contributed by atoms with Gasteiger partial charge in [-0.05, 0) is 70.6 Å². The Morgan fingerprint density at radius 3 is 0.951 bits per heavy atom. The molecule has 0 heterocycles. The van der Waals surface area contributed by atoms with E-state index in [2.05, 4.69) is 51.2 Å². The van der Waals surface area contributed by atoms with Gasteiger partial charge in [-0.15, -0.1) is 0 Å². The first-order chi connectivity index (χ1) is 30.0. The van der Waals surface area contributed by atoms with Crippen LogP contribution in [0.1, 0.15) is 124 Å². The van der Waals surface area contributed by atoms with Gasteiger partial charge < -0.3 is 14.2 Å². The lowest BCUT2D eigenvalue weighted by Gasteiger charge is -2.18. The Morgan fingerprint density at radius 1 is 0.328 bits per heavy atom. The van der Waals surface area contributed by atoms with Gasteiger partial charge in [-0.3, -0.25) is 14.4 Å². The maximum atomic E-state index is 12.7. The number of hydrogen-bond donors (Lipinski definition) is 0. The van der Waals surface area contributed by atoms with Crippen molar-refractivity contribution in [3.63, 3.8) is 0 Å². The first-order valence-electron chi connectivity index (χ1n) is 22.5. The van der Waals surface area contributed by atoms with Crippen LogP contribution < -0.4 is 0 Å². The van der Waals surface area contributed by atoms with Gasteiger partial charge in [-0.2, -0.15) is 0 Å². The summed E-state index contributed by atoms with van der Waals surface area (Å²) in [5.74, 6) is -1.13. The van der Waals surface area contributed by atoms with Crippen molar-refractivity contribution in [2.75, 3.05) is 13.2 Å². The van der Waals surface area contributed by atoms with Crippen LogP contribution in [0.5, 0.6) is 0 Å². The van der Waals surface area contributed by atoms with Crippen molar-refractivity contribution in [3.05, 3.63) is 182 Å². The number of ether oxygens (including phenoxy) is 3. The fourth-order valence-electron chi connectivity index (χ4n) is 4.98. The summed E-state index contributed by atoms with van der Waals surface area (Å²) in [5, 5.41) is 0. The average molecular weight is 833 g/mol. The number of carbonyl (C=O) groups excluding carboxylic acids is 3. The molecule has 0 aromatic heterocycles. The van der Waals surface area contributed by atoms with Crippen LogP contribution in [-0.2, 0) is 28.6 Å². The zero-order valence-corrected chi connectivity index (χ0v) is 37.6. The van der Waals surface area contributed by atoms with Crippen LogP contribution in [0.2, 0.25) is 0 Å². The van der Waals surface area contributed by atoms with Crippen molar-refractivity contribution < 1.29 is 28.6 Å². The lowest BCUT2D eigenvalue weighted by Crippen LogP contribution is -2.30. The van der Waals surface area contributed by atoms with Crippen molar-refractivity contribution in [2.45, 2.75) is 130 Å². The Balaban J connectivity index is 4.73. The number of unbranched alkanes of at least 4 members (excludes halogenated alkanes) is 7. The second-order valence-corrected chi connectivity index (χ2v) is 13.8. The van der Waals surface area contributed by atoms with Crippen LogP contribution in [0.15, 0.2) is 182 Å². The summed E-state index contributed by atoms with van der Waals surface area (Å²) in [6.07, 6.45) is 71.6. The zero-order chi connectivity index (χ0) is 44.4. The molecule has 6 heteroatoms. The van der Waals surface area contributed by atoms with E-state index in [9.17, 15) is 14.4 Å². The molecule has 0 saturated heterocycles. The predicted molar refractivity (Wildman–Crippen MR) is 260 cm³/mol. The third-order valence-corrected chi connectivity index (χ3v) is 8.27. The molecule has 1 unspecified atom stereocenters. The van der Waals surface area contributed by atoms with E-state index >= 15 is 0 Å². The number of allylic oxidation sites excluding steroid dienone is 30. The second-order valence-electron chi connectivity index (χ2n) is 13.8. The van der Waals surface area contributed by atoms with Gasteiger partial charge in [0.1, 0.15) is 13.2 Å². The van der Waals surface area contributed by atoms with E-state index in [0.29, 0.717) is 19.3 Å². The summed E-state index contributed by atoms with van der Waals surface area (Å²) >= 11 is 0. The second kappa shape index (κ2) is 47.2. The topological polar surface area (TPSA) is 78.9 Å². The molecule has 0 aliphatic rings. The van der Waals surface area contributed by atoms with Crippen molar-refractivity contribution >= 4 is 17.9 Å². The molecule has 0 spiro atoms. The monoisotopic (exact) mass is 833 g/mol. The van der Waals surface area contributed by atoms with Gasteiger partial charge in [-0.1, -0.05) is 216 Å². The van der Waals surface area contributed by atoms with E-state index in [0.717, 1.165) is 64.2 Å². The minimum Gasteiger partial charge on any atom is -0.462 e. The highest BCUT2D eigenvalue weighted by atomic mass is 16.6. The lowest BCUT2D eigenvalue weighted by atomic mass is 10.1. The normalized spacial score (nSPS) is 13.8. The Kier molecular flexibility index (Phi) is 42.9. The van der Waals surface area contributed by atoms with Gasteiger partial charge in [0.05, 0.1) is 0 Å². The van der Waals surface area contributed by atoms with E-state index in [4.69, 9.17) is 14.2 Å². The van der Waals surface area contributed by atoms with Crippen LogP contribution in [0.25, 0.3) is 0 Å². The van der Waals surface area contributed by atoms with E-state index < -0.39 is 12.1 Å². The van der Waals surface area contributed by atoms with Gasteiger partial charge in [0, 0.05) is 19.3 Å². The van der Waals surface area contributed by atoms with Crippen LogP contribution in [0, 0.1) is 0 Å². The van der Waals surface area contributed by atoms with Gasteiger partial charge in [0.25, 0.3) is 0 Å². The first kappa shape index (κ1) is 55.5. The highest BCUT2D eigenvalue weighted by Crippen LogP contribution is 2.10. The molecule has 0 amide bonds. The zero-order valence-electron chi connectivity index (χ0n) is 37.6.